The molecule has 112 valence electrons. The van der Waals surface area contributed by atoms with Crippen LogP contribution in [0, 0.1) is 17.5 Å². The van der Waals surface area contributed by atoms with Crippen molar-refractivity contribution in [3.63, 3.8) is 0 Å². The van der Waals surface area contributed by atoms with Gasteiger partial charge in [-0.3, -0.25) is 0 Å². The van der Waals surface area contributed by atoms with Crippen LogP contribution >= 0.6 is 27.5 Å². The summed E-state index contributed by atoms with van der Waals surface area (Å²) in [4.78, 5) is 0. The van der Waals surface area contributed by atoms with Crippen molar-refractivity contribution in [1.82, 2.24) is 0 Å². The number of hydrogen-bond donors (Lipinski definition) is 1. The molecule has 2 nitrogen and oxygen atoms in total. The highest BCUT2D eigenvalue weighted by molar-refractivity contribution is 9.10. The molecule has 0 bridgehead atoms. The Hall–Kier alpha value is -1.40. The van der Waals surface area contributed by atoms with Gasteiger partial charge in [-0.2, -0.15) is 0 Å². The first-order chi connectivity index (χ1) is 9.92. The molecule has 2 aromatic rings. The highest BCUT2D eigenvalue weighted by atomic mass is 79.9. The van der Waals surface area contributed by atoms with Crippen molar-refractivity contribution in [2.24, 2.45) is 0 Å². The molecule has 2 rings (SSSR count). The smallest absolute Gasteiger partial charge is 0.161 e. The summed E-state index contributed by atoms with van der Waals surface area (Å²) in [6, 6.07) is 4.55. The van der Waals surface area contributed by atoms with E-state index in [0.717, 1.165) is 6.07 Å². The fourth-order valence-corrected chi connectivity index (χ4v) is 2.76. The number of halogens is 5. The normalized spacial score (nSPS) is 10.6. The lowest BCUT2D eigenvalue weighted by Gasteiger charge is -2.14. The Balaban J connectivity index is 2.26. The van der Waals surface area contributed by atoms with Crippen LogP contribution in [0.3, 0.4) is 0 Å². The number of benzene rings is 2. The summed E-state index contributed by atoms with van der Waals surface area (Å²) in [6.07, 6.45) is 0. The van der Waals surface area contributed by atoms with Crippen molar-refractivity contribution in [2.75, 3.05) is 12.4 Å². The highest BCUT2D eigenvalue weighted by Crippen LogP contribution is 2.36. The number of anilines is 1. The molecule has 0 aliphatic carbocycles. The zero-order chi connectivity index (χ0) is 15.6. The molecule has 0 aliphatic rings. The molecule has 0 saturated heterocycles. The van der Waals surface area contributed by atoms with Gasteiger partial charge >= 0.3 is 0 Å². The van der Waals surface area contributed by atoms with Crippen LogP contribution in [-0.2, 0) is 6.54 Å². The maximum Gasteiger partial charge on any atom is 0.161 e. The number of methoxy groups -OCH3 is 1. The van der Waals surface area contributed by atoms with E-state index >= 15 is 0 Å². The molecular weight excluding hydrogens is 371 g/mol. The number of hydrogen-bond acceptors (Lipinski definition) is 2. The minimum Gasteiger partial charge on any atom is -0.493 e. The van der Waals surface area contributed by atoms with Crippen LogP contribution in [0.4, 0.5) is 18.9 Å². The second-order valence-electron chi connectivity index (χ2n) is 4.18. The van der Waals surface area contributed by atoms with Crippen LogP contribution in [0.1, 0.15) is 5.56 Å². The van der Waals surface area contributed by atoms with Crippen LogP contribution in [0.2, 0.25) is 5.02 Å². The summed E-state index contributed by atoms with van der Waals surface area (Å²) in [5.41, 5.74) is 0.494. The van der Waals surface area contributed by atoms with Crippen molar-refractivity contribution >= 4 is 33.2 Å². The van der Waals surface area contributed by atoms with Gasteiger partial charge in [-0.05, 0) is 34.1 Å². The largest absolute Gasteiger partial charge is 0.493 e. The molecule has 2 aromatic carbocycles. The molecule has 0 fully saturated rings. The predicted octanol–water partition coefficient (Wildman–Crippen LogP) is 5.14. The lowest BCUT2D eigenvalue weighted by Crippen LogP contribution is -2.05. The van der Waals surface area contributed by atoms with Crippen LogP contribution in [0.5, 0.6) is 5.75 Å². The van der Waals surface area contributed by atoms with Gasteiger partial charge in [0.15, 0.2) is 17.4 Å². The molecule has 0 heterocycles. The van der Waals surface area contributed by atoms with Crippen molar-refractivity contribution in [2.45, 2.75) is 6.54 Å². The second kappa shape index (κ2) is 6.58. The van der Waals surface area contributed by atoms with Gasteiger partial charge in [-0.1, -0.05) is 11.6 Å². The fourth-order valence-electron chi connectivity index (χ4n) is 1.79. The summed E-state index contributed by atoms with van der Waals surface area (Å²) in [6.45, 7) is -0.0494. The summed E-state index contributed by atoms with van der Waals surface area (Å²) in [5, 5.41) is 3.32. The monoisotopic (exact) mass is 379 g/mol. The number of rotatable bonds is 4. The van der Waals surface area contributed by atoms with Crippen molar-refractivity contribution in [3.05, 3.63) is 56.8 Å². The molecule has 21 heavy (non-hydrogen) atoms. The van der Waals surface area contributed by atoms with Gasteiger partial charge in [0.25, 0.3) is 0 Å². The van der Waals surface area contributed by atoms with Crippen LogP contribution in [-0.4, -0.2) is 7.11 Å². The topological polar surface area (TPSA) is 21.3 Å². The van der Waals surface area contributed by atoms with Gasteiger partial charge < -0.3 is 10.1 Å². The van der Waals surface area contributed by atoms with Crippen LogP contribution < -0.4 is 10.1 Å². The quantitative estimate of drug-likeness (QED) is 0.742. The highest BCUT2D eigenvalue weighted by Gasteiger charge is 2.12. The van der Waals surface area contributed by atoms with E-state index in [0.29, 0.717) is 27.0 Å². The van der Waals surface area contributed by atoms with Gasteiger partial charge in [-0.25, -0.2) is 13.2 Å². The molecular formula is C14H10BrClF3NO. The van der Waals surface area contributed by atoms with E-state index in [1.165, 1.54) is 7.11 Å². The lowest BCUT2D eigenvalue weighted by atomic mass is 10.2. The maximum atomic E-state index is 13.6. The summed E-state index contributed by atoms with van der Waals surface area (Å²) in [5.74, 6) is -2.68. The summed E-state index contributed by atoms with van der Waals surface area (Å²) >= 11 is 9.22. The van der Waals surface area contributed by atoms with Crippen molar-refractivity contribution < 1.29 is 17.9 Å². The Labute approximate surface area is 133 Å². The minimum atomic E-state index is -1.22. The summed E-state index contributed by atoms with van der Waals surface area (Å²) < 4.78 is 45.4. The third-order valence-corrected chi connectivity index (χ3v) is 3.58. The zero-order valence-corrected chi connectivity index (χ0v) is 13.2. The molecule has 0 aromatic heterocycles. The molecule has 1 N–H and O–H groups in total. The zero-order valence-electron chi connectivity index (χ0n) is 10.8. The molecule has 0 unspecified atom stereocenters. The molecule has 0 saturated carbocycles. The van der Waals surface area contributed by atoms with E-state index in [2.05, 4.69) is 21.2 Å². The maximum absolute atomic E-state index is 13.6. The number of nitrogens with one attached hydrogen (secondary N) is 1. The molecule has 0 amide bonds. The molecule has 0 spiro atoms. The first kappa shape index (κ1) is 16.0. The van der Waals surface area contributed by atoms with Gasteiger partial charge in [0.1, 0.15) is 5.82 Å². The van der Waals surface area contributed by atoms with Gasteiger partial charge in [-0.15, -0.1) is 0 Å². The molecule has 0 atom stereocenters. The van der Waals surface area contributed by atoms with Crippen LogP contribution in [0.15, 0.2) is 28.7 Å². The van der Waals surface area contributed by atoms with E-state index in [1.807, 2.05) is 0 Å². The van der Waals surface area contributed by atoms with E-state index in [-0.39, 0.29) is 12.1 Å². The van der Waals surface area contributed by atoms with Crippen LogP contribution in [0.25, 0.3) is 0 Å². The Morgan fingerprint density at radius 1 is 1.10 bits per heavy atom. The van der Waals surface area contributed by atoms with Gasteiger partial charge in [0.2, 0.25) is 0 Å². The van der Waals surface area contributed by atoms with Crippen molar-refractivity contribution in [3.8, 4) is 5.75 Å². The fraction of sp³-hybridized carbons (Fsp3) is 0.143. The van der Waals surface area contributed by atoms with Crippen molar-refractivity contribution in [1.29, 1.82) is 0 Å². The van der Waals surface area contributed by atoms with E-state index < -0.39 is 17.5 Å². The Morgan fingerprint density at radius 3 is 2.43 bits per heavy atom. The van der Waals surface area contributed by atoms with Gasteiger partial charge in [0, 0.05) is 23.2 Å². The summed E-state index contributed by atoms with van der Waals surface area (Å²) in [7, 11) is 1.47. The lowest BCUT2D eigenvalue weighted by molar-refractivity contribution is 0.413. The Kier molecular flexibility index (Phi) is 5.00. The third kappa shape index (κ3) is 3.63. The standard InChI is InChI=1S/C14H10BrClF3NO/c1-21-14-9(15)3-8(16)4-13(14)20-6-7-2-11(18)12(19)5-10(7)17/h2-5,20H,6H2,1H3. The van der Waals surface area contributed by atoms with Gasteiger partial charge in [0.05, 0.1) is 17.3 Å². The molecule has 0 aliphatic heterocycles. The Bertz CT molecular complexity index is 682. The average molecular weight is 381 g/mol. The second-order valence-corrected chi connectivity index (χ2v) is 5.47. The number of ether oxygens (including phenoxy) is 1. The van der Waals surface area contributed by atoms with E-state index in [4.69, 9.17) is 16.3 Å². The Morgan fingerprint density at radius 2 is 1.76 bits per heavy atom. The molecule has 0 radical (unpaired) electrons. The van der Waals surface area contributed by atoms with E-state index in [1.54, 1.807) is 12.1 Å². The third-order valence-electron chi connectivity index (χ3n) is 2.77. The predicted molar refractivity (Wildman–Crippen MR) is 79.3 cm³/mol. The molecule has 7 heteroatoms. The minimum absolute atomic E-state index is 0.00736. The van der Waals surface area contributed by atoms with E-state index in [9.17, 15) is 13.2 Å². The average Bonchev–Trinajstić information content (AvgIpc) is 2.41. The first-order valence-corrected chi connectivity index (χ1v) is 6.99. The first-order valence-electron chi connectivity index (χ1n) is 5.82. The SMILES string of the molecule is COc1c(Br)cc(Cl)cc1NCc1cc(F)c(F)cc1F.